The van der Waals surface area contributed by atoms with Gasteiger partial charge in [-0.05, 0) is 38.0 Å². The van der Waals surface area contributed by atoms with Crippen LogP contribution in [-0.4, -0.2) is 23.9 Å². The van der Waals surface area contributed by atoms with Gasteiger partial charge in [0.05, 0.1) is 12.2 Å². The third-order valence-electron chi connectivity index (χ3n) is 4.33. The normalized spacial score (nSPS) is 44.2. The topological polar surface area (TPSA) is 29.5 Å². The first-order chi connectivity index (χ1) is 7.18. The predicted molar refractivity (Wildman–Crippen MR) is 60.6 cm³/mol. The number of aliphatic hydroxyl groups excluding tert-OH is 1. The smallest absolute Gasteiger partial charge is 0.0622 e. The molecular formula is C13H24O2. The lowest BCUT2D eigenvalue weighted by molar-refractivity contribution is -0.00567. The summed E-state index contributed by atoms with van der Waals surface area (Å²) >= 11 is 0. The third-order valence-corrected chi connectivity index (χ3v) is 4.33. The molecule has 2 nitrogen and oxygen atoms in total. The van der Waals surface area contributed by atoms with E-state index in [-0.39, 0.29) is 12.2 Å². The minimum absolute atomic E-state index is 0.120. The van der Waals surface area contributed by atoms with Gasteiger partial charge in [0.25, 0.3) is 0 Å². The van der Waals surface area contributed by atoms with Crippen LogP contribution in [0.4, 0.5) is 0 Å². The van der Waals surface area contributed by atoms with Gasteiger partial charge in [0.2, 0.25) is 0 Å². The van der Waals surface area contributed by atoms with Gasteiger partial charge in [-0.2, -0.15) is 0 Å². The molecule has 2 aliphatic rings. The van der Waals surface area contributed by atoms with Crippen LogP contribution in [0, 0.1) is 17.8 Å². The number of hydrogen-bond acceptors (Lipinski definition) is 2. The van der Waals surface area contributed by atoms with Crippen LogP contribution < -0.4 is 0 Å². The number of hydrogen-bond donors (Lipinski definition) is 1. The minimum atomic E-state index is -0.120. The molecule has 1 aliphatic carbocycles. The zero-order valence-corrected chi connectivity index (χ0v) is 9.98. The van der Waals surface area contributed by atoms with Gasteiger partial charge in [-0.25, -0.2) is 0 Å². The summed E-state index contributed by atoms with van der Waals surface area (Å²) in [6, 6.07) is 0. The highest BCUT2D eigenvalue weighted by Crippen LogP contribution is 2.36. The Hall–Kier alpha value is -0.0800. The molecule has 0 bridgehead atoms. The van der Waals surface area contributed by atoms with Gasteiger partial charge < -0.3 is 9.84 Å². The van der Waals surface area contributed by atoms with Gasteiger partial charge in [-0.1, -0.05) is 19.8 Å². The van der Waals surface area contributed by atoms with Crippen LogP contribution in [0.5, 0.6) is 0 Å². The highest BCUT2D eigenvalue weighted by Gasteiger charge is 2.36. The van der Waals surface area contributed by atoms with Gasteiger partial charge in [-0.15, -0.1) is 0 Å². The monoisotopic (exact) mass is 212 g/mol. The van der Waals surface area contributed by atoms with Crippen LogP contribution in [0.1, 0.15) is 46.0 Å². The molecule has 0 amide bonds. The molecular weight excluding hydrogens is 188 g/mol. The zero-order chi connectivity index (χ0) is 10.8. The van der Waals surface area contributed by atoms with E-state index < -0.39 is 0 Å². The molecule has 1 saturated carbocycles. The molecule has 2 heteroatoms. The molecule has 2 rings (SSSR count). The van der Waals surface area contributed by atoms with Gasteiger partial charge in [-0.3, -0.25) is 0 Å². The second-order valence-electron chi connectivity index (χ2n) is 5.55. The van der Waals surface area contributed by atoms with Crippen LogP contribution in [0.3, 0.4) is 0 Å². The SMILES string of the molecule is CC1CCCC(C(O)C2CCOC2C)C1. The van der Waals surface area contributed by atoms with E-state index in [2.05, 4.69) is 13.8 Å². The zero-order valence-electron chi connectivity index (χ0n) is 9.98. The molecule has 5 unspecified atom stereocenters. The van der Waals surface area contributed by atoms with E-state index in [1.54, 1.807) is 0 Å². The van der Waals surface area contributed by atoms with Crippen molar-refractivity contribution >= 4 is 0 Å². The van der Waals surface area contributed by atoms with E-state index in [0.717, 1.165) is 18.9 Å². The maximum Gasteiger partial charge on any atom is 0.0622 e. The van der Waals surface area contributed by atoms with E-state index in [0.29, 0.717) is 11.8 Å². The quantitative estimate of drug-likeness (QED) is 0.762. The predicted octanol–water partition coefficient (Wildman–Crippen LogP) is 2.60. The summed E-state index contributed by atoms with van der Waals surface area (Å²) in [5.41, 5.74) is 0. The van der Waals surface area contributed by atoms with Crippen molar-refractivity contribution in [1.82, 2.24) is 0 Å². The molecule has 88 valence electrons. The maximum absolute atomic E-state index is 10.4. The van der Waals surface area contributed by atoms with Crippen LogP contribution in [-0.2, 0) is 4.74 Å². The number of rotatable bonds is 2. The molecule has 5 atom stereocenters. The highest BCUT2D eigenvalue weighted by atomic mass is 16.5. The molecule has 1 aliphatic heterocycles. The summed E-state index contributed by atoms with van der Waals surface area (Å²) in [5.74, 6) is 1.72. The molecule has 0 aromatic rings. The van der Waals surface area contributed by atoms with Crippen LogP contribution in [0.15, 0.2) is 0 Å². The van der Waals surface area contributed by atoms with E-state index in [1.807, 2.05) is 0 Å². The lowest BCUT2D eigenvalue weighted by Gasteiger charge is -2.34. The first kappa shape index (κ1) is 11.4. The van der Waals surface area contributed by atoms with Crippen molar-refractivity contribution in [1.29, 1.82) is 0 Å². The van der Waals surface area contributed by atoms with E-state index >= 15 is 0 Å². The van der Waals surface area contributed by atoms with Gasteiger partial charge in [0.1, 0.15) is 0 Å². The molecule has 0 radical (unpaired) electrons. The van der Waals surface area contributed by atoms with Crippen LogP contribution >= 0.6 is 0 Å². The van der Waals surface area contributed by atoms with E-state index in [1.165, 1.54) is 25.7 Å². The molecule has 1 N–H and O–H groups in total. The largest absolute Gasteiger partial charge is 0.392 e. The lowest BCUT2D eigenvalue weighted by Crippen LogP contribution is -2.35. The fraction of sp³-hybridized carbons (Fsp3) is 1.00. The van der Waals surface area contributed by atoms with Crippen molar-refractivity contribution in [3.05, 3.63) is 0 Å². The Morgan fingerprint density at radius 3 is 2.60 bits per heavy atom. The van der Waals surface area contributed by atoms with Crippen LogP contribution in [0.25, 0.3) is 0 Å². The molecule has 2 fully saturated rings. The average Bonchev–Trinajstić information content (AvgIpc) is 2.63. The van der Waals surface area contributed by atoms with Crippen molar-refractivity contribution in [2.24, 2.45) is 17.8 Å². The first-order valence-corrected chi connectivity index (χ1v) is 6.48. The Bertz CT molecular complexity index is 205. The van der Waals surface area contributed by atoms with Crippen molar-refractivity contribution in [2.75, 3.05) is 6.61 Å². The molecule has 0 aromatic heterocycles. The average molecular weight is 212 g/mol. The Morgan fingerprint density at radius 2 is 2.00 bits per heavy atom. The second-order valence-corrected chi connectivity index (χ2v) is 5.55. The number of aliphatic hydroxyl groups is 1. The van der Waals surface area contributed by atoms with Crippen molar-refractivity contribution in [2.45, 2.75) is 58.2 Å². The summed E-state index contributed by atoms with van der Waals surface area (Å²) in [6.07, 6.45) is 6.26. The third kappa shape index (κ3) is 2.54. The van der Waals surface area contributed by atoms with Crippen molar-refractivity contribution in [3.8, 4) is 0 Å². The lowest BCUT2D eigenvalue weighted by atomic mass is 9.75. The molecule has 1 heterocycles. The van der Waals surface area contributed by atoms with Gasteiger partial charge >= 0.3 is 0 Å². The second kappa shape index (κ2) is 4.84. The first-order valence-electron chi connectivity index (χ1n) is 6.48. The molecule has 15 heavy (non-hydrogen) atoms. The molecule has 1 saturated heterocycles. The number of ether oxygens (including phenoxy) is 1. The summed E-state index contributed by atoms with van der Waals surface area (Å²) in [6.45, 7) is 5.26. The summed E-state index contributed by atoms with van der Waals surface area (Å²) in [5, 5.41) is 10.4. The Kier molecular flexibility index (Phi) is 3.68. The summed E-state index contributed by atoms with van der Waals surface area (Å²) < 4.78 is 5.54. The Labute approximate surface area is 93.0 Å². The van der Waals surface area contributed by atoms with Crippen LogP contribution in [0.2, 0.25) is 0 Å². The molecule has 0 spiro atoms. The van der Waals surface area contributed by atoms with Crippen molar-refractivity contribution in [3.63, 3.8) is 0 Å². The van der Waals surface area contributed by atoms with Crippen molar-refractivity contribution < 1.29 is 9.84 Å². The maximum atomic E-state index is 10.4. The fourth-order valence-corrected chi connectivity index (χ4v) is 3.34. The Balaban J connectivity index is 1.91. The van der Waals surface area contributed by atoms with E-state index in [4.69, 9.17) is 4.74 Å². The summed E-state index contributed by atoms with van der Waals surface area (Å²) in [4.78, 5) is 0. The minimum Gasteiger partial charge on any atom is -0.392 e. The van der Waals surface area contributed by atoms with E-state index in [9.17, 15) is 5.11 Å². The Morgan fingerprint density at radius 1 is 1.20 bits per heavy atom. The van der Waals surface area contributed by atoms with Gasteiger partial charge in [0.15, 0.2) is 0 Å². The molecule has 0 aromatic carbocycles. The standard InChI is InChI=1S/C13H24O2/c1-9-4-3-5-11(8-9)13(14)12-6-7-15-10(12)2/h9-14H,3-8H2,1-2H3. The van der Waals surface area contributed by atoms with Gasteiger partial charge in [0, 0.05) is 12.5 Å². The summed E-state index contributed by atoms with van der Waals surface area (Å²) in [7, 11) is 0. The highest BCUT2D eigenvalue weighted by molar-refractivity contribution is 4.86. The fourth-order valence-electron chi connectivity index (χ4n) is 3.34.